The fraction of sp³-hybridized carbons (Fsp3) is 0.500. The molecule has 78 valence electrons. The smallest absolute Gasteiger partial charge is 0.280 e. The molecule has 4 nitrogen and oxygen atoms in total. The minimum atomic E-state index is -2.61. The first kappa shape index (κ1) is 10.8. The molecule has 0 aliphatic carbocycles. The van der Waals surface area contributed by atoms with Crippen LogP contribution in [0.5, 0.6) is 0 Å². The minimum Gasteiger partial charge on any atom is -0.392 e. The van der Waals surface area contributed by atoms with E-state index in [9.17, 15) is 8.78 Å². The Labute approximate surface area is 80.0 Å². The van der Waals surface area contributed by atoms with Crippen molar-refractivity contribution in [3.05, 3.63) is 18.0 Å². The molecule has 0 saturated heterocycles. The molecule has 2 N–H and O–H groups in total. The molecule has 0 fully saturated rings. The second kappa shape index (κ2) is 4.80. The summed E-state index contributed by atoms with van der Waals surface area (Å²) in [6, 6.07) is 1.15. The molecular weight excluding hydrogens is 192 g/mol. The van der Waals surface area contributed by atoms with Crippen molar-refractivity contribution in [2.24, 2.45) is 0 Å². The molecule has 0 aliphatic heterocycles. The highest BCUT2D eigenvalue weighted by molar-refractivity contribution is 5.25. The Morgan fingerprint density at radius 2 is 2.29 bits per heavy atom. The molecule has 1 atom stereocenters. The molecule has 0 unspecified atom stereocenters. The van der Waals surface area contributed by atoms with Crippen LogP contribution >= 0.6 is 0 Å². The van der Waals surface area contributed by atoms with E-state index in [2.05, 4.69) is 15.3 Å². The number of hydrogen-bond acceptors (Lipinski definition) is 4. The van der Waals surface area contributed by atoms with Gasteiger partial charge in [-0.3, -0.25) is 0 Å². The third-order valence-electron chi connectivity index (χ3n) is 1.46. The summed E-state index contributed by atoms with van der Waals surface area (Å²) < 4.78 is 24.4. The number of nitrogens with zero attached hydrogens (tertiary/aromatic N) is 2. The highest BCUT2D eigenvalue weighted by Crippen LogP contribution is 2.16. The lowest BCUT2D eigenvalue weighted by molar-refractivity contribution is 0.146. The van der Waals surface area contributed by atoms with Crippen LogP contribution in [0.2, 0.25) is 0 Å². The number of alkyl halides is 2. The number of halogens is 2. The molecule has 0 saturated carbocycles. The first-order valence-electron chi connectivity index (χ1n) is 4.12. The molecule has 1 aromatic heterocycles. The van der Waals surface area contributed by atoms with Crippen LogP contribution in [-0.2, 0) is 0 Å². The number of aliphatic hydroxyl groups is 1. The molecule has 1 heterocycles. The van der Waals surface area contributed by atoms with Crippen molar-refractivity contribution in [1.82, 2.24) is 9.97 Å². The number of hydrogen-bond donors (Lipinski definition) is 2. The summed E-state index contributed by atoms with van der Waals surface area (Å²) in [4.78, 5) is 7.29. The lowest BCUT2D eigenvalue weighted by atomic mass is 10.4. The third-order valence-corrected chi connectivity index (χ3v) is 1.46. The average Bonchev–Trinajstić information content (AvgIpc) is 2.15. The van der Waals surface area contributed by atoms with Crippen LogP contribution in [0.25, 0.3) is 0 Å². The van der Waals surface area contributed by atoms with Crippen molar-refractivity contribution >= 4 is 5.95 Å². The van der Waals surface area contributed by atoms with Gasteiger partial charge in [-0.05, 0) is 13.0 Å². The average molecular weight is 203 g/mol. The Balaban J connectivity index is 2.64. The maximum absolute atomic E-state index is 12.2. The van der Waals surface area contributed by atoms with Crippen LogP contribution in [-0.4, -0.2) is 27.7 Å². The van der Waals surface area contributed by atoms with Gasteiger partial charge in [-0.25, -0.2) is 18.7 Å². The van der Waals surface area contributed by atoms with Crippen LogP contribution in [0.3, 0.4) is 0 Å². The second-order valence-corrected chi connectivity index (χ2v) is 2.84. The topological polar surface area (TPSA) is 58.0 Å². The van der Waals surface area contributed by atoms with Gasteiger partial charge in [0.2, 0.25) is 5.95 Å². The number of rotatable bonds is 4. The second-order valence-electron chi connectivity index (χ2n) is 2.84. The van der Waals surface area contributed by atoms with Gasteiger partial charge in [-0.2, -0.15) is 0 Å². The zero-order valence-electron chi connectivity index (χ0n) is 7.61. The third kappa shape index (κ3) is 3.21. The minimum absolute atomic E-state index is 0.101. The van der Waals surface area contributed by atoms with Crippen LogP contribution < -0.4 is 5.32 Å². The zero-order chi connectivity index (χ0) is 10.6. The first-order chi connectivity index (χ1) is 6.59. The van der Waals surface area contributed by atoms with Gasteiger partial charge in [0.25, 0.3) is 6.43 Å². The Hall–Kier alpha value is -1.30. The highest BCUT2D eigenvalue weighted by Gasteiger charge is 2.09. The van der Waals surface area contributed by atoms with E-state index in [1.54, 1.807) is 6.92 Å². The van der Waals surface area contributed by atoms with Crippen molar-refractivity contribution in [3.8, 4) is 0 Å². The SMILES string of the molecule is C[C@@H](O)CNc1nccc(C(F)F)n1. The molecule has 0 amide bonds. The lowest BCUT2D eigenvalue weighted by Gasteiger charge is -2.07. The molecule has 14 heavy (non-hydrogen) atoms. The Kier molecular flexibility index (Phi) is 3.70. The number of aromatic nitrogens is 2. The van der Waals surface area contributed by atoms with Gasteiger partial charge in [0.05, 0.1) is 6.10 Å². The van der Waals surface area contributed by atoms with E-state index in [4.69, 9.17) is 5.11 Å². The van der Waals surface area contributed by atoms with Crippen LogP contribution in [0, 0.1) is 0 Å². The molecule has 1 aromatic rings. The first-order valence-corrected chi connectivity index (χ1v) is 4.12. The quantitative estimate of drug-likeness (QED) is 0.772. The van der Waals surface area contributed by atoms with Gasteiger partial charge in [-0.1, -0.05) is 0 Å². The van der Waals surface area contributed by atoms with Crippen LogP contribution in [0.15, 0.2) is 12.3 Å². The molecule has 0 bridgehead atoms. The van der Waals surface area contributed by atoms with Crippen molar-refractivity contribution in [3.63, 3.8) is 0 Å². The fourth-order valence-electron chi connectivity index (χ4n) is 0.818. The van der Waals surface area contributed by atoms with E-state index in [1.807, 2.05) is 0 Å². The maximum Gasteiger partial charge on any atom is 0.280 e. The molecule has 6 heteroatoms. The molecule has 0 spiro atoms. The van der Waals surface area contributed by atoms with E-state index >= 15 is 0 Å². The van der Waals surface area contributed by atoms with Crippen molar-refractivity contribution in [1.29, 1.82) is 0 Å². The molecule has 0 radical (unpaired) electrons. The predicted octanol–water partition coefficient (Wildman–Crippen LogP) is 1.21. The zero-order valence-corrected chi connectivity index (χ0v) is 7.61. The predicted molar refractivity (Wildman–Crippen MR) is 47.2 cm³/mol. The molecule has 0 aliphatic rings. The summed E-state index contributed by atoms with van der Waals surface area (Å²) in [6.07, 6.45) is -1.93. The lowest BCUT2D eigenvalue weighted by Crippen LogP contribution is -2.17. The van der Waals surface area contributed by atoms with Gasteiger partial charge in [-0.15, -0.1) is 0 Å². The maximum atomic E-state index is 12.2. The monoisotopic (exact) mass is 203 g/mol. The van der Waals surface area contributed by atoms with Crippen LogP contribution in [0.1, 0.15) is 19.0 Å². The van der Waals surface area contributed by atoms with Gasteiger partial charge >= 0.3 is 0 Å². The summed E-state index contributed by atoms with van der Waals surface area (Å²) >= 11 is 0. The van der Waals surface area contributed by atoms with Gasteiger partial charge in [0.15, 0.2) is 0 Å². The number of nitrogens with one attached hydrogen (secondary N) is 1. The summed E-state index contributed by atoms with van der Waals surface area (Å²) in [5, 5.41) is 11.6. The summed E-state index contributed by atoms with van der Waals surface area (Å²) in [5.74, 6) is 0.101. The van der Waals surface area contributed by atoms with E-state index < -0.39 is 12.5 Å². The fourth-order valence-corrected chi connectivity index (χ4v) is 0.818. The summed E-state index contributed by atoms with van der Waals surface area (Å²) in [6.45, 7) is 1.80. The van der Waals surface area contributed by atoms with E-state index in [0.29, 0.717) is 0 Å². The van der Waals surface area contributed by atoms with Crippen molar-refractivity contribution < 1.29 is 13.9 Å². The number of aliphatic hydroxyl groups excluding tert-OH is 1. The Morgan fingerprint density at radius 1 is 1.57 bits per heavy atom. The van der Waals surface area contributed by atoms with Crippen molar-refractivity contribution in [2.75, 3.05) is 11.9 Å². The molecule has 1 rings (SSSR count). The number of anilines is 1. The van der Waals surface area contributed by atoms with Gasteiger partial charge < -0.3 is 10.4 Å². The normalized spacial score (nSPS) is 12.9. The molecule has 0 aromatic carbocycles. The standard InChI is InChI=1S/C8H11F2N3O/c1-5(14)4-12-8-11-3-2-6(13-8)7(9)10/h2-3,5,7,14H,4H2,1H3,(H,11,12,13)/t5-/m1/s1. The summed E-state index contributed by atoms with van der Waals surface area (Å²) in [7, 11) is 0. The van der Waals surface area contributed by atoms with E-state index in [-0.39, 0.29) is 18.2 Å². The molecular formula is C8H11F2N3O. The van der Waals surface area contributed by atoms with E-state index in [1.165, 1.54) is 6.20 Å². The van der Waals surface area contributed by atoms with Crippen LogP contribution in [0.4, 0.5) is 14.7 Å². The van der Waals surface area contributed by atoms with Gasteiger partial charge in [0.1, 0.15) is 5.69 Å². The van der Waals surface area contributed by atoms with E-state index in [0.717, 1.165) is 6.07 Å². The Morgan fingerprint density at radius 3 is 2.86 bits per heavy atom. The summed E-state index contributed by atoms with van der Waals surface area (Å²) in [5.41, 5.74) is -0.326. The Bertz CT molecular complexity index is 294. The highest BCUT2D eigenvalue weighted by atomic mass is 19.3. The largest absolute Gasteiger partial charge is 0.392 e. The van der Waals surface area contributed by atoms with Gasteiger partial charge in [0, 0.05) is 12.7 Å². The van der Waals surface area contributed by atoms with Crippen molar-refractivity contribution in [2.45, 2.75) is 19.5 Å².